The first-order chi connectivity index (χ1) is 13.4. The summed E-state index contributed by atoms with van der Waals surface area (Å²) in [6.45, 7) is 7.80. The highest BCUT2D eigenvalue weighted by Crippen LogP contribution is 2.35. The smallest absolute Gasteiger partial charge is 0.344 e. The number of carbonyl (C=O) groups excluding carboxylic acids is 2. The lowest BCUT2D eigenvalue weighted by Gasteiger charge is -2.14. The Bertz CT molecular complexity index is 771. The van der Waals surface area contributed by atoms with Crippen LogP contribution in [0.15, 0.2) is 17.7 Å². The molecule has 0 unspecified atom stereocenters. The van der Waals surface area contributed by atoms with Crippen molar-refractivity contribution >= 4 is 40.5 Å². The number of esters is 1. The summed E-state index contributed by atoms with van der Waals surface area (Å²) in [5.74, 6) is -0.0644. The minimum absolute atomic E-state index is 0.00117. The van der Waals surface area contributed by atoms with E-state index < -0.39 is 11.9 Å². The van der Waals surface area contributed by atoms with Crippen LogP contribution in [-0.2, 0) is 14.3 Å². The Morgan fingerprint density at radius 1 is 1.25 bits per heavy atom. The molecule has 1 aromatic rings. The summed E-state index contributed by atoms with van der Waals surface area (Å²) >= 11 is 2.05. The van der Waals surface area contributed by atoms with E-state index in [2.05, 4.69) is 27.9 Å². The van der Waals surface area contributed by atoms with Crippen LogP contribution in [0.25, 0.3) is 6.08 Å². The molecule has 7 nitrogen and oxygen atoms in total. The van der Waals surface area contributed by atoms with Gasteiger partial charge in [-0.3, -0.25) is 4.79 Å². The maximum Gasteiger partial charge on any atom is 0.344 e. The first-order valence-corrected chi connectivity index (χ1v) is 10.1. The molecule has 0 spiro atoms. The normalized spacial score (nSPS) is 11.9. The van der Waals surface area contributed by atoms with Crippen molar-refractivity contribution in [3.63, 3.8) is 0 Å². The van der Waals surface area contributed by atoms with Crippen LogP contribution in [0.4, 0.5) is 0 Å². The molecule has 0 aromatic heterocycles. The van der Waals surface area contributed by atoms with Crippen molar-refractivity contribution < 1.29 is 23.8 Å². The summed E-state index contributed by atoms with van der Waals surface area (Å²) in [4.78, 5) is 23.8. The molecule has 1 rings (SSSR count). The first kappa shape index (κ1) is 23.8. The predicted octanol–water partition coefficient (Wildman–Crippen LogP) is 3.45. The molecule has 0 aliphatic heterocycles. The van der Waals surface area contributed by atoms with Gasteiger partial charge in [-0.15, -0.1) is 0 Å². The van der Waals surface area contributed by atoms with E-state index in [4.69, 9.17) is 14.2 Å². The van der Waals surface area contributed by atoms with Gasteiger partial charge in [-0.1, -0.05) is 6.92 Å². The van der Waals surface area contributed by atoms with Gasteiger partial charge in [-0.2, -0.15) is 5.26 Å². The van der Waals surface area contributed by atoms with Gasteiger partial charge in [0.15, 0.2) is 18.1 Å². The van der Waals surface area contributed by atoms with Crippen molar-refractivity contribution in [1.82, 2.24) is 5.32 Å². The Hall–Kier alpha value is -2.28. The average molecular weight is 500 g/mol. The Labute approximate surface area is 179 Å². The zero-order chi connectivity index (χ0) is 21.1. The molecule has 152 valence electrons. The highest BCUT2D eigenvalue weighted by Gasteiger charge is 2.16. The van der Waals surface area contributed by atoms with Crippen molar-refractivity contribution in [2.24, 2.45) is 0 Å². The minimum atomic E-state index is -0.474. The Kier molecular flexibility index (Phi) is 10.4. The monoisotopic (exact) mass is 500 g/mol. The second-order valence-electron chi connectivity index (χ2n) is 5.81. The second-order valence-corrected chi connectivity index (χ2v) is 6.97. The fraction of sp³-hybridized carbons (Fsp3) is 0.450. The lowest BCUT2D eigenvalue weighted by Crippen LogP contribution is -2.32. The minimum Gasteiger partial charge on any atom is -0.490 e. The molecule has 1 aromatic carbocycles. The molecule has 28 heavy (non-hydrogen) atoms. The van der Waals surface area contributed by atoms with E-state index in [1.54, 1.807) is 19.1 Å². The number of halogens is 1. The molecule has 0 heterocycles. The number of nitriles is 1. The predicted molar refractivity (Wildman–Crippen MR) is 114 cm³/mol. The van der Waals surface area contributed by atoms with Crippen LogP contribution in [0.3, 0.4) is 0 Å². The maximum absolute atomic E-state index is 12.2. The van der Waals surface area contributed by atoms with E-state index in [-0.39, 0.29) is 24.8 Å². The summed E-state index contributed by atoms with van der Waals surface area (Å²) in [5, 5.41) is 12.1. The molecule has 0 aliphatic carbocycles. The van der Waals surface area contributed by atoms with E-state index in [0.29, 0.717) is 27.2 Å². The zero-order valence-corrected chi connectivity index (χ0v) is 18.7. The van der Waals surface area contributed by atoms with E-state index in [1.165, 1.54) is 6.08 Å². The van der Waals surface area contributed by atoms with Crippen molar-refractivity contribution in [3.8, 4) is 17.6 Å². The fourth-order valence-electron chi connectivity index (χ4n) is 2.13. The number of nitrogens with one attached hydrogen (secondary N) is 1. The first-order valence-electron chi connectivity index (χ1n) is 9.03. The van der Waals surface area contributed by atoms with Gasteiger partial charge in [0.25, 0.3) is 5.91 Å². The number of hydrogen-bond donors (Lipinski definition) is 1. The maximum atomic E-state index is 12.2. The number of rotatable bonds is 10. The summed E-state index contributed by atoms with van der Waals surface area (Å²) < 4.78 is 16.7. The lowest BCUT2D eigenvalue weighted by molar-refractivity contribution is -0.145. The molecule has 0 saturated heterocycles. The fourth-order valence-corrected chi connectivity index (χ4v) is 2.91. The summed E-state index contributed by atoms with van der Waals surface area (Å²) in [6, 6.07) is 5.32. The summed E-state index contributed by atoms with van der Waals surface area (Å²) in [6.07, 6.45) is 2.26. The largest absolute Gasteiger partial charge is 0.490 e. The van der Waals surface area contributed by atoms with Crippen molar-refractivity contribution in [2.75, 3.05) is 19.8 Å². The Morgan fingerprint density at radius 3 is 2.54 bits per heavy atom. The SMILES string of the molecule is CCOC(=O)COc1c(I)cc(/C=C(\C#N)C(=O)N[C@@H](C)CC)cc1OCC. The van der Waals surface area contributed by atoms with Gasteiger partial charge >= 0.3 is 5.97 Å². The number of nitrogens with zero attached hydrogens (tertiary/aromatic N) is 1. The standard InChI is InChI=1S/C20H25IN2O5/c1-5-13(4)23-20(25)15(11-22)8-14-9-16(21)19(17(10-14)26-6-2)28-12-18(24)27-7-3/h8-10,13H,5-7,12H2,1-4H3,(H,23,25)/b15-8+/t13-/m0/s1. The molecule has 1 atom stereocenters. The second kappa shape index (κ2) is 12.2. The van der Waals surface area contributed by atoms with Gasteiger partial charge in [0, 0.05) is 6.04 Å². The number of hydrogen-bond acceptors (Lipinski definition) is 6. The van der Waals surface area contributed by atoms with E-state index >= 15 is 0 Å². The van der Waals surface area contributed by atoms with E-state index in [1.807, 2.05) is 26.8 Å². The molecule has 1 amide bonds. The molecule has 8 heteroatoms. The van der Waals surface area contributed by atoms with Crippen LogP contribution in [0.5, 0.6) is 11.5 Å². The lowest BCUT2D eigenvalue weighted by atomic mass is 10.1. The van der Waals surface area contributed by atoms with Crippen LogP contribution in [0.2, 0.25) is 0 Å². The van der Waals surface area contributed by atoms with Crippen molar-refractivity contribution in [2.45, 2.75) is 40.2 Å². The van der Waals surface area contributed by atoms with Crippen LogP contribution in [0.1, 0.15) is 39.7 Å². The van der Waals surface area contributed by atoms with E-state index in [0.717, 1.165) is 6.42 Å². The summed E-state index contributed by atoms with van der Waals surface area (Å²) in [5.41, 5.74) is 0.617. The molecule has 0 fully saturated rings. The summed E-state index contributed by atoms with van der Waals surface area (Å²) in [7, 11) is 0. The van der Waals surface area contributed by atoms with Crippen LogP contribution in [0, 0.1) is 14.9 Å². The Morgan fingerprint density at radius 2 is 1.96 bits per heavy atom. The average Bonchev–Trinajstić information content (AvgIpc) is 2.65. The van der Waals surface area contributed by atoms with Gasteiger partial charge in [0.1, 0.15) is 11.6 Å². The van der Waals surface area contributed by atoms with Crippen LogP contribution in [-0.4, -0.2) is 37.7 Å². The number of benzene rings is 1. The Balaban J connectivity index is 3.15. The van der Waals surface area contributed by atoms with Gasteiger partial charge < -0.3 is 19.5 Å². The molecule has 1 N–H and O–H groups in total. The molecular weight excluding hydrogens is 475 g/mol. The molecule has 0 aliphatic rings. The van der Waals surface area contributed by atoms with Gasteiger partial charge in [0.2, 0.25) is 0 Å². The number of carbonyl (C=O) groups is 2. The zero-order valence-electron chi connectivity index (χ0n) is 16.5. The third-order valence-electron chi connectivity index (χ3n) is 3.64. The van der Waals surface area contributed by atoms with E-state index in [9.17, 15) is 14.9 Å². The third kappa shape index (κ3) is 7.38. The molecular formula is C20H25IN2O5. The van der Waals surface area contributed by atoms with Crippen molar-refractivity contribution in [1.29, 1.82) is 5.26 Å². The van der Waals surface area contributed by atoms with Gasteiger partial charge in [-0.05, 0) is 73.6 Å². The number of amides is 1. The molecule has 0 saturated carbocycles. The molecule has 0 radical (unpaired) electrons. The quantitative estimate of drug-likeness (QED) is 0.229. The van der Waals surface area contributed by atoms with Gasteiger partial charge in [0.05, 0.1) is 16.8 Å². The van der Waals surface area contributed by atoms with Crippen LogP contribution < -0.4 is 14.8 Å². The topological polar surface area (TPSA) is 97.7 Å². The van der Waals surface area contributed by atoms with Crippen LogP contribution >= 0.6 is 22.6 Å². The molecule has 0 bridgehead atoms. The third-order valence-corrected chi connectivity index (χ3v) is 4.44. The highest BCUT2D eigenvalue weighted by atomic mass is 127. The highest BCUT2D eigenvalue weighted by molar-refractivity contribution is 14.1. The van der Waals surface area contributed by atoms with Gasteiger partial charge in [-0.25, -0.2) is 4.79 Å². The van der Waals surface area contributed by atoms with Crippen molar-refractivity contribution in [3.05, 3.63) is 26.8 Å². The number of ether oxygens (including phenoxy) is 3.